The quantitative estimate of drug-likeness (QED) is 0.808. The summed E-state index contributed by atoms with van der Waals surface area (Å²) in [4.78, 5) is 2.50. The molecule has 1 aromatic rings. The van der Waals surface area contributed by atoms with Gasteiger partial charge < -0.3 is 15.0 Å². The van der Waals surface area contributed by atoms with Crippen molar-refractivity contribution in [3.05, 3.63) is 28.2 Å². The lowest BCUT2D eigenvalue weighted by atomic mass is 10.1. The van der Waals surface area contributed by atoms with Gasteiger partial charge in [-0.25, -0.2) is 0 Å². The molecule has 118 valence electrons. The monoisotopic (exact) mass is 354 g/mol. The third-order valence-corrected chi connectivity index (χ3v) is 4.44. The lowest BCUT2D eigenvalue weighted by molar-refractivity contribution is 0.161. The first-order chi connectivity index (χ1) is 10.1. The Hall–Kier alpha value is -0.580. The molecule has 0 bridgehead atoms. The van der Waals surface area contributed by atoms with Gasteiger partial charge in [0.2, 0.25) is 0 Å². The summed E-state index contributed by atoms with van der Waals surface area (Å²) < 4.78 is 6.46. The molecule has 0 aromatic heterocycles. The molecule has 0 spiro atoms. The summed E-state index contributed by atoms with van der Waals surface area (Å²) in [5.41, 5.74) is 2.75. The second kappa shape index (κ2) is 8.16. The lowest BCUT2D eigenvalue weighted by Gasteiger charge is -2.23. The number of hydrogen-bond donors (Lipinski definition) is 1. The molecule has 1 aliphatic rings. The summed E-state index contributed by atoms with van der Waals surface area (Å²) in [6.07, 6.45) is 1.22. The minimum Gasteiger partial charge on any atom is -0.384 e. The first-order valence-corrected chi connectivity index (χ1v) is 8.62. The van der Waals surface area contributed by atoms with Crippen molar-refractivity contribution >= 4 is 21.6 Å². The number of nitrogens with one attached hydrogen (secondary N) is 1. The molecule has 1 N–H and O–H groups in total. The summed E-state index contributed by atoms with van der Waals surface area (Å²) in [6, 6.07) is 6.62. The molecule has 1 fully saturated rings. The molecule has 3 nitrogen and oxygen atoms in total. The normalized spacial score (nSPS) is 18.7. The fourth-order valence-corrected chi connectivity index (χ4v) is 3.25. The van der Waals surface area contributed by atoms with Crippen molar-refractivity contribution < 1.29 is 4.74 Å². The molecule has 2 rings (SSSR count). The zero-order valence-electron chi connectivity index (χ0n) is 13.4. The Morgan fingerprint density at radius 2 is 2.24 bits per heavy atom. The number of ether oxygens (including phenoxy) is 1. The number of benzene rings is 1. The molecule has 1 atom stereocenters. The van der Waals surface area contributed by atoms with E-state index in [0.29, 0.717) is 11.8 Å². The minimum absolute atomic E-state index is 0.658. The Kier molecular flexibility index (Phi) is 6.52. The standard InChI is InChI=1S/C17H27BrN2O/c1-13(2)9-19-10-15-4-5-16(18)8-17(15)20-7-6-14(11-20)12-21-3/h4-5,8,13-14,19H,6-7,9-12H2,1-3H3. The van der Waals surface area contributed by atoms with Gasteiger partial charge in [-0.2, -0.15) is 0 Å². The van der Waals surface area contributed by atoms with Gasteiger partial charge in [0.25, 0.3) is 0 Å². The van der Waals surface area contributed by atoms with Crippen molar-refractivity contribution in [3.63, 3.8) is 0 Å². The molecule has 1 unspecified atom stereocenters. The predicted octanol–water partition coefficient (Wildman–Crippen LogP) is 3.67. The second-order valence-electron chi connectivity index (χ2n) is 6.35. The van der Waals surface area contributed by atoms with Gasteiger partial charge in [-0.05, 0) is 36.6 Å². The Labute approximate surface area is 137 Å². The van der Waals surface area contributed by atoms with E-state index in [1.165, 1.54) is 17.7 Å². The van der Waals surface area contributed by atoms with Gasteiger partial charge >= 0.3 is 0 Å². The van der Waals surface area contributed by atoms with Gasteiger partial charge in [-0.1, -0.05) is 35.8 Å². The summed E-state index contributed by atoms with van der Waals surface area (Å²) in [7, 11) is 1.79. The fraction of sp³-hybridized carbons (Fsp3) is 0.647. The molecule has 0 amide bonds. The largest absolute Gasteiger partial charge is 0.384 e. The molecule has 4 heteroatoms. The van der Waals surface area contributed by atoms with Gasteiger partial charge in [0, 0.05) is 42.8 Å². The molecule has 1 aromatic carbocycles. The van der Waals surface area contributed by atoms with E-state index in [2.05, 4.69) is 58.2 Å². The molecule has 21 heavy (non-hydrogen) atoms. The van der Waals surface area contributed by atoms with Gasteiger partial charge in [0.1, 0.15) is 0 Å². The van der Waals surface area contributed by atoms with Crippen molar-refractivity contribution in [1.29, 1.82) is 0 Å². The van der Waals surface area contributed by atoms with Gasteiger partial charge in [0.15, 0.2) is 0 Å². The van der Waals surface area contributed by atoms with E-state index < -0.39 is 0 Å². The summed E-state index contributed by atoms with van der Waals surface area (Å²) in [6.45, 7) is 9.57. The minimum atomic E-state index is 0.658. The van der Waals surface area contributed by atoms with Crippen LogP contribution in [0.5, 0.6) is 0 Å². The zero-order chi connectivity index (χ0) is 15.2. The van der Waals surface area contributed by atoms with Crippen LogP contribution < -0.4 is 10.2 Å². The van der Waals surface area contributed by atoms with E-state index >= 15 is 0 Å². The maximum Gasteiger partial charge on any atom is 0.0508 e. The van der Waals surface area contributed by atoms with Crippen LogP contribution in [0, 0.1) is 11.8 Å². The summed E-state index contributed by atoms with van der Waals surface area (Å²) in [5.74, 6) is 1.34. The van der Waals surface area contributed by atoms with E-state index in [4.69, 9.17) is 4.74 Å². The molecule has 1 aliphatic heterocycles. The van der Waals surface area contributed by atoms with Gasteiger partial charge in [0.05, 0.1) is 6.61 Å². The number of anilines is 1. The van der Waals surface area contributed by atoms with Crippen LogP contribution in [0.4, 0.5) is 5.69 Å². The molecule has 0 radical (unpaired) electrons. The maximum absolute atomic E-state index is 5.31. The SMILES string of the molecule is COCC1CCN(c2cc(Br)ccc2CNCC(C)C)C1. The van der Waals surface area contributed by atoms with Crippen LogP contribution in [0.3, 0.4) is 0 Å². The predicted molar refractivity (Wildman–Crippen MR) is 92.9 cm³/mol. The molecular weight excluding hydrogens is 328 g/mol. The van der Waals surface area contributed by atoms with Crippen molar-refractivity contribution in [3.8, 4) is 0 Å². The number of hydrogen-bond acceptors (Lipinski definition) is 3. The van der Waals surface area contributed by atoms with Crippen LogP contribution in [0.2, 0.25) is 0 Å². The Morgan fingerprint density at radius 3 is 2.95 bits per heavy atom. The third-order valence-electron chi connectivity index (χ3n) is 3.94. The molecule has 1 saturated heterocycles. The van der Waals surface area contributed by atoms with E-state index in [1.807, 2.05) is 0 Å². The number of nitrogens with zero attached hydrogens (tertiary/aromatic N) is 1. The van der Waals surface area contributed by atoms with Crippen LogP contribution in [-0.4, -0.2) is 33.4 Å². The molecular formula is C17H27BrN2O. The van der Waals surface area contributed by atoms with Gasteiger partial charge in [-0.15, -0.1) is 0 Å². The van der Waals surface area contributed by atoms with E-state index in [1.54, 1.807) is 7.11 Å². The topological polar surface area (TPSA) is 24.5 Å². The molecule has 0 aliphatic carbocycles. The zero-order valence-corrected chi connectivity index (χ0v) is 14.9. The van der Waals surface area contributed by atoms with Crippen molar-refractivity contribution in [2.75, 3.05) is 38.3 Å². The Morgan fingerprint density at radius 1 is 1.43 bits per heavy atom. The second-order valence-corrected chi connectivity index (χ2v) is 7.27. The number of rotatable bonds is 7. The van der Waals surface area contributed by atoms with Crippen molar-refractivity contribution in [1.82, 2.24) is 5.32 Å². The first-order valence-electron chi connectivity index (χ1n) is 7.83. The van der Waals surface area contributed by atoms with Crippen LogP contribution in [0.15, 0.2) is 22.7 Å². The van der Waals surface area contributed by atoms with Crippen molar-refractivity contribution in [2.45, 2.75) is 26.8 Å². The number of methoxy groups -OCH3 is 1. The lowest BCUT2D eigenvalue weighted by Crippen LogP contribution is -2.25. The van der Waals surface area contributed by atoms with E-state index in [9.17, 15) is 0 Å². The van der Waals surface area contributed by atoms with E-state index in [0.717, 1.165) is 37.3 Å². The fourth-order valence-electron chi connectivity index (χ4n) is 2.90. The van der Waals surface area contributed by atoms with Crippen LogP contribution in [0.1, 0.15) is 25.8 Å². The average molecular weight is 355 g/mol. The Balaban J connectivity index is 2.05. The van der Waals surface area contributed by atoms with E-state index in [-0.39, 0.29) is 0 Å². The highest BCUT2D eigenvalue weighted by Gasteiger charge is 2.24. The molecule has 1 heterocycles. The first kappa shape index (κ1) is 16.8. The highest BCUT2D eigenvalue weighted by atomic mass is 79.9. The van der Waals surface area contributed by atoms with Crippen LogP contribution in [0.25, 0.3) is 0 Å². The summed E-state index contributed by atoms with van der Waals surface area (Å²) >= 11 is 3.61. The molecule has 0 saturated carbocycles. The van der Waals surface area contributed by atoms with Crippen molar-refractivity contribution in [2.24, 2.45) is 11.8 Å². The highest BCUT2D eigenvalue weighted by Crippen LogP contribution is 2.30. The number of halogens is 1. The third kappa shape index (κ3) is 4.97. The van der Waals surface area contributed by atoms with Gasteiger partial charge in [-0.3, -0.25) is 0 Å². The smallest absolute Gasteiger partial charge is 0.0508 e. The Bertz CT molecular complexity index is 450. The highest BCUT2D eigenvalue weighted by molar-refractivity contribution is 9.10. The average Bonchev–Trinajstić information content (AvgIpc) is 2.89. The van der Waals surface area contributed by atoms with Crippen LogP contribution in [-0.2, 0) is 11.3 Å². The summed E-state index contributed by atoms with van der Waals surface area (Å²) in [5, 5.41) is 3.55. The van der Waals surface area contributed by atoms with Crippen LogP contribution >= 0.6 is 15.9 Å². The maximum atomic E-state index is 5.31.